The lowest BCUT2D eigenvalue weighted by Gasteiger charge is -2.15. The Morgan fingerprint density at radius 1 is 0.946 bits per heavy atom. The van der Waals surface area contributed by atoms with Crippen molar-refractivity contribution in [2.45, 2.75) is 64.7 Å². The molecule has 0 saturated heterocycles. The number of aliphatic imine (C=N–C) groups is 1. The standard InChI is InChI=1S/C27H32F6N2O2/c1-4-5-8-19(2)18-34-25(35-36-3)21-12-15-24(23(17-21)27(31,32)33)37-16-7-6-9-20-10-13-22(14-11-20)26(28,29)30/h10-15,17-19H,4-9,16H2,1-3H3/b34-18+,35-25-. The van der Waals surface area contributed by atoms with Gasteiger partial charge in [-0.1, -0.05) is 44.0 Å². The van der Waals surface area contributed by atoms with Gasteiger partial charge in [-0.15, -0.1) is 0 Å². The maximum Gasteiger partial charge on any atom is 0.419 e. The van der Waals surface area contributed by atoms with Crippen molar-refractivity contribution in [2.75, 3.05) is 13.7 Å². The van der Waals surface area contributed by atoms with Crippen LogP contribution in [0.5, 0.6) is 5.75 Å². The number of benzene rings is 2. The summed E-state index contributed by atoms with van der Waals surface area (Å²) in [6, 6.07) is 8.43. The Labute approximate surface area is 213 Å². The molecule has 0 aliphatic heterocycles. The van der Waals surface area contributed by atoms with E-state index in [1.807, 2.05) is 6.92 Å². The zero-order chi connectivity index (χ0) is 27.5. The largest absolute Gasteiger partial charge is 0.493 e. The first kappa shape index (κ1) is 30.2. The van der Waals surface area contributed by atoms with E-state index >= 15 is 0 Å². The van der Waals surface area contributed by atoms with Gasteiger partial charge in [0.1, 0.15) is 12.9 Å². The molecule has 0 aliphatic carbocycles. The van der Waals surface area contributed by atoms with Gasteiger partial charge in [0.05, 0.1) is 17.7 Å². The van der Waals surface area contributed by atoms with Crippen molar-refractivity contribution in [2.24, 2.45) is 16.1 Å². The maximum atomic E-state index is 13.8. The summed E-state index contributed by atoms with van der Waals surface area (Å²) in [5.41, 5.74) is -0.825. The van der Waals surface area contributed by atoms with Gasteiger partial charge in [0.2, 0.25) is 0 Å². The summed E-state index contributed by atoms with van der Waals surface area (Å²) in [4.78, 5) is 9.04. The SMILES string of the molecule is CCCCC(C)/C=N/C(=N\OC)c1ccc(OCCCCc2ccc(C(F)(F)F)cc2)c(C(F)(F)F)c1. The van der Waals surface area contributed by atoms with Crippen molar-refractivity contribution in [1.82, 2.24) is 0 Å². The molecule has 0 heterocycles. The molecule has 2 rings (SSSR count). The second-order valence-corrected chi connectivity index (χ2v) is 8.70. The number of aryl methyl sites for hydroxylation is 1. The summed E-state index contributed by atoms with van der Waals surface area (Å²) in [6.45, 7) is 4.07. The van der Waals surface area contributed by atoms with E-state index in [9.17, 15) is 26.3 Å². The molecule has 1 unspecified atom stereocenters. The highest BCUT2D eigenvalue weighted by molar-refractivity contribution is 6.03. The van der Waals surface area contributed by atoms with Crippen LogP contribution in [0.3, 0.4) is 0 Å². The summed E-state index contributed by atoms with van der Waals surface area (Å²) < 4.78 is 84.7. The molecule has 10 heteroatoms. The maximum absolute atomic E-state index is 13.8. The van der Waals surface area contributed by atoms with Gasteiger partial charge in [0.25, 0.3) is 0 Å². The van der Waals surface area contributed by atoms with Crippen LogP contribution in [-0.4, -0.2) is 25.8 Å². The van der Waals surface area contributed by atoms with E-state index in [2.05, 4.69) is 17.1 Å². The van der Waals surface area contributed by atoms with Gasteiger partial charge in [0, 0.05) is 11.8 Å². The molecule has 4 nitrogen and oxygen atoms in total. The first-order valence-electron chi connectivity index (χ1n) is 12.1. The lowest BCUT2D eigenvalue weighted by Crippen LogP contribution is -2.12. The molecule has 2 aromatic rings. The van der Waals surface area contributed by atoms with E-state index < -0.39 is 23.5 Å². The number of ether oxygens (including phenoxy) is 1. The Bertz CT molecular complexity index is 1030. The van der Waals surface area contributed by atoms with Crippen molar-refractivity contribution >= 4 is 12.1 Å². The topological polar surface area (TPSA) is 43.2 Å². The van der Waals surface area contributed by atoms with E-state index in [-0.39, 0.29) is 29.7 Å². The normalized spacial score (nSPS) is 13.7. The highest BCUT2D eigenvalue weighted by Crippen LogP contribution is 2.37. The molecule has 0 fully saturated rings. The fraction of sp³-hybridized carbons (Fsp3) is 0.481. The third-order valence-corrected chi connectivity index (χ3v) is 5.58. The first-order chi connectivity index (χ1) is 17.5. The van der Waals surface area contributed by atoms with Crippen molar-refractivity contribution < 1.29 is 35.9 Å². The molecular weight excluding hydrogens is 498 g/mol. The number of hydrogen-bond acceptors (Lipinski definition) is 3. The average molecular weight is 531 g/mol. The predicted octanol–water partition coefficient (Wildman–Crippen LogP) is 8.33. The molecule has 37 heavy (non-hydrogen) atoms. The number of halogens is 6. The van der Waals surface area contributed by atoms with Gasteiger partial charge in [-0.3, -0.25) is 0 Å². The number of rotatable bonds is 12. The Balaban J connectivity index is 2.03. The van der Waals surface area contributed by atoms with Crippen molar-refractivity contribution in [1.29, 1.82) is 0 Å². The smallest absolute Gasteiger partial charge is 0.419 e. The fourth-order valence-electron chi connectivity index (χ4n) is 3.53. The van der Waals surface area contributed by atoms with Crippen molar-refractivity contribution in [3.8, 4) is 5.75 Å². The van der Waals surface area contributed by atoms with Crippen LogP contribution in [0.2, 0.25) is 0 Å². The lowest BCUT2D eigenvalue weighted by molar-refractivity contribution is -0.139. The van der Waals surface area contributed by atoms with Gasteiger partial charge in [-0.25, -0.2) is 4.99 Å². The average Bonchev–Trinajstić information content (AvgIpc) is 2.84. The quantitative estimate of drug-likeness (QED) is 0.0910. The number of hydrogen-bond donors (Lipinski definition) is 0. The Hall–Kier alpha value is -3.04. The minimum Gasteiger partial charge on any atom is -0.493 e. The molecule has 1 atom stereocenters. The second-order valence-electron chi connectivity index (χ2n) is 8.70. The fourth-order valence-corrected chi connectivity index (χ4v) is 3.53. The zero-order valence-corrected chi connectivity index (χ0v) is 21.1. The summed E-state index contributed by atoms with van der Waals surface area (Å²) in [6.07, 6.45) is -3.01. The van der Waals surface area contributed by atoms with Crippen LogP contribution in [-0.2, 0) is 23.6 Å². The van der Waals surface area contributed by atoms with Crippen LogP contribution in [0.1, 0.15) is 68.2 Å². The number of alkyl halides is 6. The van der Waals surface area contributed by atoms with E-state index in [1.54, 1.807) is 6.21 Å². The first-order valence-corrected chi connectivity index (χ1v) is 12.1. The number of oxime groups is 1. The molecule has 0 bridgehead atoms. The number of amidine groups is 1. The van der Waals surface area contributed by atoms with Crippen LogP contribution in [0, 0.1) is 5.92 Å². The van der Waals surface area contributed by atoms with Crippen LogP contribution >= 0.6 is 0 Å². The van der Waals surface area contributed by atoms with Crippen molar-refractivity contribution in [3.05, 3.63) is 64.7 Å². The Morgan fingerprint density at radius 2 is 1.65 bits per heavy atom. The molecule has 2 aromatic carbocycles. The van der Waals surface area contributed by atoms with Crippen LogP contribution in [0.25, 0.3) is 0 Å². The molecule has 0 aliphatic rings. The molecule has 0 spiro atoms. The molecule has 0 aromatic heterocycles. The highest BCUT2D eigenvalue weighted by Gasteiger charge is 2.35. The Morgan fingerprint density at radius 3 is 2.24 bits per heavy atom. The van der Waals surface area contributed by atoms with E-state index in [4.69, 9.17) is 9.57 Å². The van der Waals surface area contributed by atoms with Gasteiger partial charge >= 0.3 is 12.4 Å². The molecule has 0 amide bonds. The van der Waals surface area contributed by atoms with Gasteiger partial charge in [0.15, 0.2) is 5.84 Å². The molecule has 0 saturated carbocycles. The highest BCUT2D eigenvalue weighted by atomic mass is 19.4. The lowest BCUT2D eigenvalue weighted by atomic mass is 10.1. The van der Waals surface area contributed by atoms with Crippen LogP contribution < -0.4 is 4.74 Å². The van der Waals surface area contributed by atoms with E-state index in [1.165, 1.54) is 31.4 Å². The molecule has 0 N–H and O–H groups in total. The predicted molar refractivity (Wildman–Crippen MR) is 132 cm³/mol. The molecule has 204 valence electrons. The zero-order valence-electron chi connectivity index (χ0n) is 21.1. The third-order valence-electron chi connectivity index (χ3n) is 5.58. The summed E-state index contributed by atoms with van der Waals surface area (Å²) in [5.74, 6) is -0.156. The van der Waals surface area contributed by atoms with E-state index in [0.717, 1.165) is 37.5 Å². The monoisotopic (exact) mass is 530 g/mol. The molecule has 0 radical (unpaired) electrons. The van der Waals surface area contributed by atoms with Gasteiger partial charge in [-0.05, 0) is 67.5 Å². The summed E-state index contributed by atoms with van der Waals surface area (Å²) in [7, 11) is 1.29. The third kappa shape index (κ3) is 10.1. The minimum absolute atomic E-state index is 0.0230. The minimum atomic E-state index is -4.66. The Kier molecular flexibility index (Phi) is 11.5. The summed E-state index contributed by atoms with van der Waals surface area (Å²) >= 11 is 0. The van der Waals surface area contributed by atoms with Crippen LogP contribution in [0.15, 0.2) is 52.6 Å². The second kappa shape index (κ2) is 14.0. The molecular formula is C27H32F6N2O2. The number of nitrogens with zero attached hydrogens (tertiary/aromatic N) is 2. The van der Waals surface area contributed by atoms with Crippen LogP contribution in [0.4, 0.5) is 26.3 Å². The van der Waals surface area contributed by atoms with Gasteiger partial charge < -0.3 is 9.57 Å². The number of unbranched alkanes of at least 4 members (excludes halogenated alkanes) is 2. The van der Waals surface area contributed by atoms with E-state index in [0.29, 0.717) is 24.8 Å². The van der Waals surface area contributed by atoms with Gasteiger partial charge in [-0.2, -0.15) is 26.3 Å². The van der Waals surface area contributed by atoms with Crippen molar-refractivity contribution in [3.63, 3.8) is 0 Å². The summed E-state index contributed by atoms with van der Waals surface area (Å²) in [5, 5.41) is 3.78.